The third kappa shape index (κ3) is 5.92. The summed E-state index contributed by atoms with van der Waals surface area (Å²) in [6.07, 6.45) is 1.64. The van der Waals surface area contributed by atoms with E-state index in [1.54, 1.807) is 32.4 Å². The molecule has 0 atom stereocenters. The van der Waals surface area contributed by atoms with Gasteiger partial charge in [-0.3, -0.25) is 4.99 Å². The average molecular weight is 371 g/mol. The molecule has 96 valence electrons. The summed E-state index contributed by atoms with van der Waals surface area (Å²) in [7, 11) is 3.50. The standard InChI is InChI=1S/C10H15ClN4O.HI/c1-12-10(13-2)15-6-7-16-9-8(11)4-3-5-14-9;/h3-5H,6-7H2,1-2H3,(H2,12,13,15);1H. The summed E-state index contributed by atoms with van der Waals surface area (Å²) in [5, 5.41) is 6.47. The van der Waals surface area contributed by atoms with Crippen LogP contribution in [0.3, 0.4) is 0 Å². The number of ether oxygens (including phenoxy) is 1. The number of hydrogen-bond donors (Lipinski definition) is 2. The molecule has 0 aliphatic carbocycles. The highest BCUT2D eigenvalue weighted by atomic mass is 127. The van der Waals surface area contributed by atoms with Gasteiger partial charge in [-0.25, -0.2) is 4.98 Å². The Kier molecular flexibility index (Phi) is 8.87. The Morgan fingerprint density at radius 1 is 1.59 bits per heavy atom. The van der Waals surface area contributed by atoms with E-state index in [1.165, 1.54) is 0 Å². The van der Waals surface area contributed by atoms with Crippen molar-refractivity contribution in [2.45, 2.75) is 0 Å². The van der Waals surface area contributed by atoms with Gasteiger partial charge < -0.3 is 15.4 Å². The number of aromatic nitrogens is 1. The van der Waals surface area contributed by atoms with Gasteiger partial charge in [-0.05, 0) is 12.1 Å². The topological polar surface area (TPSA) is 58.5 Å². The Bertz CT molecular complexity index is 362. The zero-order valence-electron chi connectivity index (χ0n) is 9.74. The molecule has 0 aliphatic rings. The monoisotopic (exact) mass is 370 g/mol. The first-order valence-electron chi connectivity index (χ1n) is 4.89. The highest BCUT2D eigenvalue weighted by Gasteiger charge is 2.00. The minimum atomic E-state index is 0. The molecule has 1 heterocycles. The van der Waals surface area contributed by atoms with Gasteiger partial charge in [0.1, 0.15) is 11.6 Å². The normalized spacial score (nSPS) is 10.4. The molecule has 1 aromatic rings. The predicted octanol–water partition coefficient (Wildman–Crippen LogP) is 1.53. The number of guanidine groups is 1. The first kappa shape index (κ1) is 16.2. The van der Waals surface area contributed by atoms with Crippen molar-refractivity contribution in [3.05, 3.63) is 23.4 Å². The number of rotatable bonds is 4. The summed E-state index contributed by atoms with van der Waals surface area (Å²) in [6.45, 7) is 1.10. The minimum absolute atomic E-state index is 0. The zero-order valence-corrected chi connectivity index (χ0v) is 12.8. The summed E-state index contributed by atoms with van der Waals surface area (Å²) in [5.41, 5.74) is 0. The van der Waals surface area contributed by atoms with Gasteiger partial charge >= 0.3 is 0 Å². The SMILES string of the molecule is CN=C(NC)NCCOc1ncccc1Cl.I. The molecule has 2 N–H and O–H groups in total. The molecular formula is C10H16ClIN4O. The van der Waals surface area contributed by atoms with Gasteiger partial charge in [0.25, 0.3) is 0 Å². The van der Waals surface area contributed by atoms with Crippen LogP contribution in [-0.4, -0.2) is 38.2 Å². The lowest BCUT2D eigenvalue weighted by atomic mass is 10.5. The molecule has 0 bridgehead atoms. The summed E-state index contributed by atoms with van der Waals surface area (Å²) in [6, 6.07) is 3.50. The average Bonchev–Trinajstić information content (AvgIpc) is 2.31. The van der Waals surface area contributed by atoms with Crippen molar-refractivity contribution in [3.8, 4) is 5.88 Å². The fourth-order valence-corrected chi connectivity index (χ4v) is 1.25. The number of nitrogens with zero attached hydrogens (tertiary/aromatic N) is 2. The molecule has 0 radical (unpaired) electrons. The minimum Gasteiger partial charge on any atom is -0.475 e. The molecule has 7 heteroatoms. The zero-order chi connectivity index (χ0) is 11.8. The Hall–Kier alpha value is -0.760. The van der Waals surface area contributed by atoms with Crippen LogP contribution < -0.4 is 15.4 Å². The van der Waals surface area contributed by atoms with Gasteiger partial charge in [0.2, 0.25) is 5.88 Å². The van der Waals surface area contributed by atoms with Crippen molar-refractivity contribution >= 4 is 41.5 Å². The largest absolute Gasteiger partial charge is 0.475 e. The van der Waals surface area contributed by atoms with Gasteiger partial charge in [0, 0.05) is 20.3 Å². The Morgan fingerprint density at radius 2 is 2.35 bits per heavy atom. The Labute approximate surface area is 123 Å². The lowest BCUT2D eigenvalue weighted by molar-refractivity contribution is 0.310. The number of pyridine rings is 1. The van der Waals surface area contributed by atoms with E-state index in [0.29, 0.717) is 24.1 Å². The molecule has 17 heavy (non-hydrogen) atoms. The van der Waals surface area contributed by atoms with Crippen molar-refractivity contribution < 1.29 is 4.74 Å². The van der Waals surface area contributed by atoms with Crippen LogP contribution in [0.4, 0.5) is 0 Å². The maximum Gasteiger partial charge on any atom is 0.232 e. The Morgan fingerprint density at radius 3 is 2.94 bits per heavy atom. The summed E-state index contributed by atoms with van der Waals surface area (Å²) in [5.74, 6) is 1.17. The number of aliphatic imine (C=N–C) groups is 1. The van der Waals surface area contributed by atoms with Gasteiger partial charge in [0.05, 0.1) is 6.54 Å². The Balaban J connectivity index is 0.00000256. The highest BCUT2D eigenvalue weighted by molar-refractivity contribution is 14.0. The van der Waals surface area contributed by atoms with Crippen LogP contribution in [0.1, 0.15) is 0 Å². The van der Waals surface area contributed by atoms with Crippen LogP contribution in [0.2, 0.25) is 5.02 Å². The second kappa shape index (κ2) is 9.29. The molecule has 1 rings (SSSR count). The summed E-state index contributed by atoms with van der Waals surface area (Å²) in [4.78, 5) is 7.97. The van der Waals surface area contributed by atoms with E-state index in [0.717, 1.165) is 5.96 Å². The molecule has 5 nitrogen and oxygen atoms in total. The summed E-state index contributed by atoms with van der Waals surface area (Å²) < 4.78 is 5.39. The molecule has 0 saturated carbocycles. The second-order valence-electron chi connectivity index (χ2n) is 2.89. The molecule has 0 aliphatic heterocycles. The maximum atomic E-state index is 5.88. The molecule has 1 aromatic heterocycles. The van der Waals surface area contributed by atoms with Crippen molar-refractivity contribution in [3.63, 3.8) is 0 Å². The lowest BCUT2D eigenvalue weighted by Crippen LogP contribution is -2.37. The first-order chi connectivity index (χ1) is 7.77. The third-order valence-corrected chi connectivity index (χ3v) is 2.11. The van der Waals surface area contributed by atoms with E-state index >= 15 is 0 Å². The highest BCUT2D eigenvalue weighted by Crippen LogP contribution is 2.19. The van der Waals surface area contributed by atoms with Crippen molar-refractivity contribution in [2.24, 2.45) is 4.99 Å². The fraction of sp³-hybridized carbons (Fsp3) is 0.400. The fourth-order valence-electron chi connectivity index (χ4n) is 1.07. The molecule has 0 spiro atoms. The second-order valence-corrected chi connectivity index (χ2v) is 3.30. The summed E-state index contributed by atoms with van der Waals surface area (Å²) >= 11 is 5.88. The maximum absolute atomic E-state index is 5.88. The molecule has 0 fully saturated rings. The van der Waals surface area contributed by atoms with Gasteiger partial charge in [0.15, 0.2) is 5.96 Å². The van der Waals surface area contributed by atoms with Gasteiger partial charge in [-0.15, -0.1) is 24.0 Å². The van der Waals surface area contributed by atoms with E-state index in [4.69, 9.17) is 16.3 Å². The van der Waals surface area contributed by atoms with Crippen molar-refractivity contribution in [1.29, 1.82) is 0 Å². The van der Waals surface area contributed by atoms with Crippen LogP contribution in [0.25, 0.3) is 0 Å². The number of hydrogen-bond acceptors (Lipinski definition) is 3. The van der Waals surface area contributed by atoms with E-state index in [2.05, 4.69) is 20.6 Å². The number of halogens is 2. The molecule has 0 saturated heterocycles. The molecule has 0 aromatic carbocycles. The van der Waals surface area contributed by atoms with Gasteiger partial charge in [-0.2, -0.15) is 0 Å². The molecule has 0 unspecified atom stereocenters. The van der Waals surface area contributed by atoms with Gasteiger partial charge in [-0.1, -0.05) is 11.6 Å². The van der Waals surface area contributed by atoms with Crippen molar-refractivity contribution in [1.82, 2.24) is 15.6 Å². The van der Waals surface area contributed by atoms with E-state index < -0.39 is 0 Å². The van der Waals surface area contributed by atoms with Crippen molar-refractivity contribution in [2.75, 3.05) is 27.2 Å². The lowest BCUT2D eigenvalue weighted by Gasteiger charge is -2.09. The van der Waals surface area contributed by atoms with Crippen LogP contribution in [-0.2, 0) is 0 Å². The van der Waals surface area contributed by atoms with Crippen LogP contribution >= 0.6 is 35.6 Å². The predicted molar refractivity (Wildman–Crippen MR) is 80.6 cm³/mol. The smallest absolute Gasteiger partial charge is 0.232 e. The molecule has 0 amide bonds. The van der Waals surface area contributed by atoms with E-state index in [1.807, 2.05) is 0 Å². The van der Waals surface area contributed by atoms with E-state index in [-0.39, 0.29) is 24.0 Å². The third-order valence-electron chi connectivity index (χ3n) is 1.82. The quantitative estimate of drug-likeness (QED) is 0.365. The first-order valence-corrected chi connectivity index (χ1v) is 5.27. The van der Waals surface area contributed by atoms with Crippen LogP contribution in [0, 0.1) is 0 Å². The number of nitrogens with one attached hydrogen (secondary N) is 2. The van der Waals surface area contributed by atoms with Crippen LogP contribution in [0.15, 0.2) is 23.3 Å². The van der Waals surface area contributed by atoms with Crippen LogP contribution in [0.5, 0.6) is 5.88 Å². The van der Waals surface area contributed by atoms with E-state index in [9.17, 15) is 0 Å². The molecular weight excluding hydrogens is 354 g/mol.